The third-order valence-corrected chi connectivity index (χ3v) is 6.11. The van der Waals surface area contributed by atoms with Gasteiger partial charge in [0, 0.05) is 10.6 Å². The van der Waals surface area contributed by atoms with Crippen molar-refractivity contribution in [1.82, 2.24) is 0 Å². The number of carbonyl (C=O) groups is 1. The molecule has 1 N–H and O–H groups in total. The van der Waals surface area contributed by atoms with E-state index in [1.54, 1.807) is 0 Å². The van der Waals surface area contributed by atoms with Crippen LogP contribution in [0.25, 0.3) is 33.0 Å². The highest BCUT2D eigenvalue weighted by molar-refractivity contribution is 6.30. The molecule has 0 aliphatic carbocycles. The average molecular weight is 473 g/mol. The number of carboxylic acid groups (broad SMARTS) is 1. The molecule has 1 atom stereocenters. The largest absolute Gasteiger partial charge is 0.479 e. The van der Waals surface area contributed by atoms with E-state index in [-0.39, 0.29) is 0 Å². The van der Waals surface area contributed by atoms with Gasteiger partial charge in [-0.1, -0.05) is 71.8 Å². The normalized spacial score (nSPS) is 12.6. The highest BCUT2D eigenvalue weighted by Gasteiger charge is 2.31. The molecule has 0 bridgehead atoms. The first-order valence-electron chi connectivity index (χ1n) is 11.3. The van der Waals surface area contributed by atoms with Crippen LogP contribution in [0.1, 0.15) is 43.6 Å². The van der Waals surface area contributed by atoms with Gasteiger partial charge in [-0.15, -0.1) is 0 Å². The molecule has 0 aromatic heterocycles. The average Bonchev–Trinajstić information content (AvgIpc) is 2.77. The fourth-order valence-corrected chi connectivity index (χ4v) is 4.47. The van der Waals surface area contributed by atoms with Gasteiger partial charge in [0.15, 0.2) is 6.10 Å². The highest BCUT2D eigenvalue weighted by atomic mass is 35.5. The van der Waals surface area contributed by atoms with Gasteiger partial charge in [-0.3, -0.25) is 0 Å². The Labute approximate surface area is 206 Å². The van der Waals surface area contributed by atoms with Gasteiger partial charge in [0.1, 0.15) is 0 Å². The van der Waals surface area contributed by atoms with E-state index in [0.29, 0.717) is 10.6 Å². The highest BCUT2D eigenvalue weighted by Crippen LogP contribution is 2.41. The van der Waals surface area contributed by atoms with Crippen LogP contribution in [0.5, 0.6) is 0 Å². The number of aryl methyl sites for hydroxylation is 2. The molecule has 4 aromatic carbocycles. The van der Waals surface area contributed by atoms with Crippen molar-refractivity contribution in [1.29, 1.82) is 0 Å². The number of halogens is 1. The molecule has 1 unspecified atom stereocenters. The number of fused-ring (bicyclic) bond motifs is 1. The molecule has 4 rings (SSSR count). The smallest absolute Gasteiger partial charge is 0.337 e. The molecule has 0 radical (unpaired) electrons. The fraction of sp³-hybridized carbons (Fsp3) is 0.233. The quantitative estimate of drug-likeness (QED) is 0.317. The summed E-state index contributed by atoms with van der Waals surface area (Å²) in [6.45, 7) is 9.64. The maximum Gasteiger partial charge on any atom is 0.337 e. The summed E-state index contributed by atoms with van der Waals surface area (Å²) in [5.41, 5.74) is 6.12. The molecular formula is C30H29ClO3. The summed E-state index contributed by atoms with van der Waals surface area (Å²) in [7, 11) is 0. The van der Waals surface area contributed by atoms with Crippen LogP contribution in [0.2, 0.25) is 5.02 Å². The van der Waals surface area contributed by atoms with E-state index in [4.69, 9.17) is 16.3 Å². The van der Waals surface area contributed by atoms with Crippen molar-refractivity contribution < 1.29 is 14.6 Å². The predicted molar refractivity (Wildman–Crippen MR) is 141 cm³/mol. The summed E-state index contributed by atoms with van der Waals surface area (Å²) in [5, 5.41) is 12.9. The SMILES string of the molecule is Cc1ccc(-c2c(C(OC(C)(C)C)C(=O)O)c(C)cc3cc(-c4ccc(Cl)cc4)ccc23)cc1. The van der Waals surface area contributed by atoms with Gasteiger partial charge in [0.05, 0.1) is 5.60 Å². The molecule has 0 aliphatic heterocycles. The molecule has 0 fully saturated rings. The summed E-state index contributed by atoms with van der Waals surface area (Å²) < 4.78 is 6.09. The van der Waals surface area contributed by atoms with Gasteiger partial charge >= 0.3 is 5.97 Å². The van der Waals surface area contributed by atoms with Crippen molar-refractivity contribution in [2.75, 3.05) is 0 Å². The van der Waals surface area contributed by atoms with Crippen molar-refractivity contribution in [2.45, 2.75) is 46.3 Å². The molecule has 3 nitrogen and oxygen atoms in total. The Balaban J connectivity index is 2.01. The summed E-state index contributed by atoms with van der Waals surface area (Å²) in [4.78, 5) is 12.4. The van der Waals surface area contributed by atoms with E-state index >= 15 is 0 Å². The van der Waals surface area contributed by atoms with Crippen LogP contribution in [-0.2, 0) is 9.53 Å². The Morgan fingerprint density at radius 3 is 2.03 bits per heavy atom. The Hall–Kier alpha value is -3.14. The third kappa shape index (κ3) is 5.01. The number of hydrogen-bond donors (Lipinski definition) is 1. The first kappa shape index (κ1) is 24.0. The summed E-state index contributed by atoms with van der Waals surface area (Å²) in [5.74, 6) is -0.997. The lowest BCUT2D eigenvalue weighted by Crippen LogP contribution is -2.28. The fourth-order valence-electron chi connectivity index (χ4n) is 4.34. The molecule has 0 spiro atoms. The van der Waals surface area contributed by atoms with Crippen LogP contribution in [-0.4, -0.2) is 16.7 Å². The van der Waals surface area contributed by atoms with E-state index in [2.05, 4.69) is 48.5 Å². The maximum absolute atomic E-state index is 12.4. The molecule has 4 aromatic rings. The van der Waals surface area contributed by atoms with E-state index in [9.17, 15) is 9.90 Å². The van der Waals surface area contributed by atoms with Crippen molar-refractivity contribution in [3.63, 3.8) is 0 Å². The second-order valence-corrected chi connectivity index (χ2v) is 10.2. The molecule has 174 valence electrons. The first-order chi connectivity index (χ1) is 16.0. The van der Waals surface area contributed by atoms with E-state index in [0.717, 1.165) is 44.2 Å². The monoisotopic (exact) mass is 472 g/mol. The first-order valence-corrected chi connectivity index (χ1v) is 11.7. The van der Waals surface area contributed by atoms with Crippen LogP contribution >= 0.6 is 11.6 Å². The van der Waals surface area contributed by atoms with Crippen molar-refractivity contribution in [2.24, 2.45) is 0 Å². The Kier molecular flexibility index (Phi) is 6.53. The molecular weight excluding hydrogens is 444 g/mol. The number of carboxylic acids is 1. The molecule has 0 saturated carbocycles. The van der Waals surface area contributed by atoms with Crippen LogP contribution in [0.15, 0.2) is 72.8 Å². The van der Waals surface area contributed by atoms with Crippen LogP contribution in [0.3, 0.4) is 0 Å². The van der Waals surface area contributed by atoms with Gasteiger partial charge in [0.2, 0.25) is 0 Å². The molecule has 0 aliphatic rings. The zero-order valence-electron chi connectivity index (χ0n) is 20.1. The van der Waals surface area contributed by atoms with Crippen LogP contribution in [0.4, 0.5) is 0 Å². The maximum atomic E-state index is 12.4. The van der Waals surface area contributed by atoms with E-state index < -0.39 is 17.7 Å². The zero-order chi connectivity index (χ0) is 24.6. The van der Waals surface area contributed by atoms with E-state index in [1.165, 1.54) is 0 Å². The number of aliphatic carboxylic acids is 1. The number of hydrogen-bond acceptors (Lipinski definition) is 2. The Bertz CT molecular complexity index is 1350. The van der Waals surface area contributed by atoms with Gasteiger partial charge in [-0.25, -0.2) is 4.79 Å². The summed E-state index contributed by atoms with van der Waals surface area (Å²) in [6.07, 6.45) is -1.09. The standard InChI is InChI=1S/C30H29ClO3/c1-18-6-8-21(9-7-18)27-25-15-12-22(20-10-13-24(31)14-11-20)17-23(25)16-19(2)26(27)28(29(32)33)34-30(3,4)5/h6-17,28H,1-5H3,(H,32,33). The third-order valence-electron chi connectivity index (χ3n) is 5.86. The lowest BCUT2D eigenvalue weighted by atomic mass is 9.86. The van der Waals surface area contributed by atoms with Gasteiger partial charge in [-0.05, 0) is 91.4 Å². The van der Waals surface area contributed by atoms with Gasteiger partial charge in [0.25, 0.3) is 0 Å². The molecule has 34 heavy (non-hydrogen) atoms. The lowest BCUT2D eigenvalue weighted by molar-refractivity contribution is -0.160. The minimum Gasteiger partial charge on any atom is -0.479 e. The van der Waals surface area contributed by atoms with Gasteiger partial charge < -0.3 is 9.84 Å². The molecule has 4 heteroatoms. The van der Waals surface area contributed by atoms with Gasteiger partial charge in [-0.2, -0.15) is 0 Å². The zero-order valence-corrected chi connectivity index (χ0v) is 20.9. The van der Waals surface area contributed by atoms with E-state index in [1.807, 2.05) is 58.9 Å². The summed E-state index contributed by atoms with van der Waals surface area (Å²) >= 11 is 6.07. The Morgan fingerprint density at radius 2 is 1.44 bits per heavy atom. The second-order valence-electron chi connectivity index (χ2n) is 9.74. The molecule has 0 heterocycles. The molecule has 0 amide bonds. The van der Waals surface area contributed by atoms with Crippen LogP contribution < -0.4 is 0 Å². The minimum atomic E-state index is -1.09. The van der Waals surface area contributed by atoms with Crippen molar-refractivity contribution in [3.05, 3.63) is 94.5 Å². The molecule has 0 saturated heterocycles. The predicted octanol–water partition coefficient (Wildman–Crippen LogP) is 8.38. The van der Waals surface area contributed by atoms with Crippen molar-refractivity contribution >= 4 is 28.3 Å². The number of rotatable bonds is 5. The van der Waals surface area contributed by atoms with Crippen molar-refractivity contribution in [3.8, 4) is 22.3 Å². The number of benzene rings is 4. The Morgan fingerprint density at radius 1 is 0.853 bits per heavy atom. The topological polar surface area (TPSA) is 46.5 Å². The minimum absolute atomic E-state index is 0.618. The van der Waals surface area contributed by atoms with Crippen LogP contribution in [0, 0.1) is 13.8 Å². The lowest BCUT2D eigenvalue weighted by Gasteiger charge is -2.28. The second kappa shape index (κ2) is 9.25. The number of ether oxygens (including phenoxy) is 1. The summed E-state index contributed by atoms with van der Waals surface area (Å²) in [6, 6.07) is 24.3.